The summed E-state index contributed by atoms with van der Waals surface area (Å²) in [6.45, 7) is 9.06. The molecule has 0 radical (unpaired) electrons. The molecular formula is C12H24S. The fourth-order valence-electron chi connectivity index (χ4n) is 1.37. The Hall–Kier alpha value is 0.0900. The van der Waals surface area contributed by atoms with Crippen molar-refractivity contribution >= 4 is 11.8 Å². The molecule has 0 saturated carbocycles. The third-order valence-corrected chi connectivity index (χ3v) is 3.66. The summed E-state index contributed by atoms with van der Waals surface area (Å²) in [6.07, 6.45) is 9.76. The van der Waals surface area contributed by atoms with Gasteiger partial charge in [-0.05, 0) is 26.2 Å². The van der Waals surface area contributed by atoms with Crippen LogP contribution in [0.15, 0.2) is 12.2 Å². The zero-order valence-corrected chi connectivity index (χ0v) is 10.4. The summed E-state index contributed by atoms with van der Waals surface area (Å²) in [7, 11) is 0. The quantitative estimate of drug-likeness (QED) is 0.539. The smallest absolute Gasteiger partial charge is 0.0201 e. The normalized spacial score (nSPS) is 16.3. The lowest BCUT2D eigenvalue weighted by Gasteiger charge is -2.16. The van der Waals surface area contributed by atoms with Crippen molar-refractivity contribution in [2.45, 2.75) is 63.9 Å². The van der Waals surface area contributed by atoms with E-state index >= 15 is 0 Å². The number of hydrogen-bond acceptors (Lipinski definition) is 1. The maximum Gasteiger partial charge on any atom is 0.0201 e. The Kier molecular flexibility index (Phi) is 8.74. The molecule has 0 aliphatic rings. The zero-order valence-electron chi connectivity index (χ0n) is 9.55. The van der Waals surface area contributed by atoms with Crippen LogP contribution in [0, 0.1) is 0 Å². The Morgan fingerprint density at radius 2 is 1.92 bits per heavy atom. The molecule has 0 saturated heterocycles. The van der Waals surface area contributed by atoms with Gasteiger partial charge in [-0.1, -0.05) is 39.3 Å². The van der Waals surface area contributed by atoms with Crippen LogP contribution in [0.1, 0.15) is 53.4 Å². The van der Waals surface area contributed by atoms with Gasteiger partial charge in [0, 0.05) is 10.5 Å². The number of allylic oxidation sites excluding steroid dienone is 1. The highest BCUT2D eigenvalue weighted by Crippen LogP contribution is 2.24. The molecule has 0 aromatic heterocycles. The molecule has 78 valence electrons. The Bertz CT molecular complexity index is 129. The van der Waals surface area contributed by atoms with Gasteiger partial charge < -0.3 is 0 Å². The molecule has 2 atom stereocenters. The van der Waals surface area contributed by atoms with Crippen molar-refractivity contribution in [3.8, 4) is 0 Å². The molecule has 13 heavy (non-hydrogen) atoms. The minimum absolute atomic E-state index is 0.691. The van der Waals surface area contributed by atoms with Crippen molar-refractivity contribution in [1.29, 1.82) is 0 Å². The van der Waals surface area contributed by atoms with E-state index in [0.717, 1.165) is 11.7 Å². The SMILES string of the molecule is CC/C=C\[C@H](C)SC(CC)CCC. The maximum absolute atomic E-state index is 2.34. The van der Waals surface area contributed by atoms with Gasteiger partial charge in [0.2, 0.25) is 0 Å². The second-order valence-electron chi connectivity index (χ2n) is 3.50. The van der Waals surface area contributed by atoms with E-state index in [1.807, 2.05) is 0 Å². The van der Waals surface area contributed by atoms with E-state index in [2.05, 4.69) is 51.6 Å². The summed E-state index contributed by atoms with van der Waals surface area (Å²) in [5.74, 6) is 0. The van der Waals surface area contributed by atoms with Crippen LogP contribution in [0.2, 0.25) is 0 Å². The molecule has 0 fully saturated rings. The first kappa shape index (κ1) is 13.1. The summed E-state index contributed by atoms with van der Waals surface area (Å²) in [5, 5.41) is 1.55. The predicted octanol–water partition coefficient (Wildman–Crippen LogP) is 4.65. The molecule has 0 aliphatic heterocycles. The van der Waals surface area contributed by atoms with E-state index in [4.69, 9.17) is 0 Å². The fourth-order valence-corrected chi connectivity index (χ4v) is 2.74. The molecule has 0 rings (SSSR count). The van der Waals surface area contributed by atoms with Gasteiger partial charge in [-0.3, -0.25) is 0 Å². The molecule has 0 amide bonds. The molecule has 0 heterocycles. The average Bonchev–Trinajstić information content (AvgIpc) is 2.14. The van der Waals surface area contributed by atoms with Crippen LogP contribution in [0.5, 0.6) is 0 Å². The molecule has 1 heteroatoms. The van der Waals surface area contributed by atoms with Crippen LogP contribution in [-0.4, -0.2) is 10.5 Å². The highest BCUT2D eigenvalue weighted by Gasteiger charge is 2.08. The molecule has 1 unspecified atom stereocenters. The summed E-state index contributed by atoms with van der Waals surface area (Å²) in [5.41, 5.74) is 0. The first-order valence-electron chi connectivity index (χ1n) is 5.56. The topological polar surface area (TPSA) is 0 Å². The number of rotatable bonds is 7. The molecule has 0 bridgehead atoms. The number of hydrogen-bond donors (Lipinski definition) is 0. The second kappa shape index (κ2) is 8.68. The lowest BCUT2D eigenvalue weighted by molar-refractivity contribution is 0.718. The molecular weight excluding hydrogens is 176 g/mol. The van der Waals surface area contributed by atoms with Gasteiger partial charge in [0.05, 0.1) is 0 Å². The van der Waals surface area contributed by atoms with E-state index < -0.39 is 0 Å². The minimum atomic E-state index is 0.691. The van der Waals surface area contributed by atoms with Gasteiger partial charge in [0.25, 0.3) is 0 Å². The van der Waals surface area contributed by atoms with E-state index in [1.165, 1.54) is 19.3 Å². The molecule has 0 N–H and O–H groups in total. The molecule has 0 nitrogen and oxygen atoms in total. The summed E-state index contributed by atoms with van der Waals surface area (Å²) >= 11 is 2.12. The van der Waals surface area contributed by atoms with Crippen LogP contribution < -0.4 is 0 Å². The third kappa shape index (κ3) is 7.18. The zero-order chi connectivity index (χ0) is 10.1. The van der Waals surface area contributed by atoms with Gasteiger partial charge >= 0.3 is 0 Å². The van der Waals surface area contributed by atoms with Gasteiger partial charge in [-0.15, -0.1) is 0 Å². The first-order valence-corrected chi connectivity index (χ1v) is 6.50. The van der Waals surface area contributed by atoms with Crippen LogP contribution >= 0.6 is 11.8 Å². The maximum atomic E-state index is 2.34. The largest absolute Gasteiger partial charge is 0.151 e. The predicted molar refractivity (Wildman–Crippen MR) is 65.5 cm³/mol. The Balaban J connectivity index is 3.71. The Labute approximate surface area is 88.2 Å². The van der Waals surface area contributed by atoms with E-state index in [9.17, 15) is 0 Å². The lowest BCUT2D eigenvalue weighted by Crippen LogP contribution is -2.05. The fraction of sp³-hybridized carbons (Fsp3) is 0.833. The molecule has 0 aromatic rings. The molecule has 0 aliphatic carbocycles. The van der Waals surface area contributed by atoms with Crippen LogP contribution in [0.3, 0.4) is 0 Å². The van der Waals surface area contributed by atoms with E-state index in [0.29, 0.717) is 5.25 Å². The van der Waals surface area contributed by atoms with Crippen molar-refractivity contribution in [2.24, 2.45) is 0 Å². The lowest BCUT2D eigenvalue weighted by atomic mass is 10.2. The second-order valence-corrected chi connectivity index (χ2v) is 5.18. The summed E-state index contributed by atoms with van der Waals surface area (Å²) < 4.78 is 0. The molecule has 0 aromatic carbocycles. The van der Waals surface area contributed by atoms with E-state index in [1.54, 1.807) is 0 Å². The highest BCUT2D eigenvalue weighted by atomic mass is 32.2. The number of thioether (sulfide) groups is 1. The third-order valence-electron chi connectivity index (χ3n) is 2.12. The Morgan fingerprint density at radius 1 is 1.23 bits per heavy atom. The van der Waals surface area contributed by atoms with Crippen molar-refractivity contribution < 1.29 is 0 Å². The van der Waals surface area contributed by atoms with Crippen molar-refractivity contribution in [2.75, 3.05) is 0 Å². The van der Waals surface area contributed by atoms with Crippen LogP contribution in [0.25, 0.3) is 0 Å². The molecule has 0 spiro atoms. The summed E-state index contributed by atoms with van der Waals surface area (Å²) in [6, 6.07) is 0. The highest BCUT2D eigenvalue weighted by molar-refractivity contribution is 8.00. The average molecular weight is 200 g/mol. The van der Waals surface area contributed by atoms with E-state index in [-0.39, 0.29) is 0 Å². The van der Waals surface area contributed by atoms with Crippen molar-refractivity contribution in [3.05, 3.63) is 12.2 Å². The van der Waals surface area contributed by atoms with Gasteiger partial charge in [0.1, 0.15) is 0 Å². The Morgan fingerprint density at radius 3 is 2.38 bits per heavy atom. The van der Waals surface area contributed by atoms with Gasteiger partial charge in [-0.2, -0.15) is 11.8 Å². The van der Waals surface area contributed by atoms with Gasteiger partial charge in [0.15, 0.2) is 0 Å². The van der Waals surface area contributed by atoms with Crippen LogP contribution in [0.4, 0.5) is 0 Å². The first-order chi connectivity index (χ1) is 6.24. The minimum Gasteiger partial charge on any atom is -0.151 e. The monoisotopic (exact) mass is 200 g/mol. The van der Waals surface area contributed by atoms with Crippen molar-refractivity contribution in [1.82, 2.24) is 0 Å². The van der Waals surface area contributed by atoms with Crippen molar-refractivity contribution in [3.63, 3.8) is 0 Å². The standard InChI is InChI=1S/C12H24S/c1-5-8-10-11(4)13-12(7-3)9-6-2/h8,10-12H,5-7,9H2,1-4H3/b10-8-/t11-,12?/m0/s1. The van der Waals surface area contributed by atoms with Gasteiger partial charge in [-0.25, -0.2) is 0 Å². The summed E-state index contributed by atoms with van der Waals surface area (Å²) in [4.78, 5) is 0. The van der Waals surface area contributed by atoms with Crippen LogP contribution in [-0.2, 0) is 0 Å².